The van der Waals surface area contributed by atoms with Gasteiger partial charge in [-0.3, -0.25) is 0 Å². The number of halogens is 2. The average Bonchev–Trinajstić information content (AvgIpc) is 2.48. The summed E-state index contributed by atoms with van der Waals surface area (Å²) in [6.45, 7) is 2.89. The lowest BCUT2D eigenvalue weighted by molar-refractivity contribution is 0.234. The molecule has 0 radical (unpaired) electrons. The fourth-order valence-corrected chi connectivity index (χ4v) is 3.29. The first-order chi connectivity index (χ1) is 9.91. The zero-order valence-corrected chi connectivity index (χ0v) is 12.7. The smallest absolute Gasteiger partial charge is 0.341 e. The van der Waals surface area contributed by atoms with E-state index in [9.17, 15) is 17.2 Å². The quantitative estimate of drug-likeness (QED) is 0.903. The van der Waals surface area contributed by atoms with Crippen molar-refractivity contribution in [2.75, 3.05) is 31.6 Å². The number of nitrogens with zero attached hydrogens (tertiary/aromatic N) is 1. The summed E-state index contributed by atoms with van der Waals surface area (Å²) in [6, 6.07) is 5.63. The predicted octanol–water partition coefficient (Wildman–Crippen LogP) is 2.12. The Labute approximate surface area is 124 Å². The van der Waals surface area contributed by atoms with Crippen LogP contribution in [0, 0.1) is 5.92 Å². The van der Waals surface area contributed by atoms with Crippen molar-refractivity contribution < 1.29 is 17.2 Å². The molecular weight excluding hydrogens is 298 g/mol. The molecule has 0 bridgehead atoms. The van der Waals surface area contributed by atoms with E-state index in [0.29, 0.717) is 5.92 Å². The van der Waals surface area contributed by atoms with Crippen molar-refractivity contribution in [3.63, 3.8) is 0 Å². The highest BCUT2D eigenvalue weighted by molar-refractivity contribution is 7.91. The lowest BCUT2D eigenvalue weighted by Crippen LogP contribution is -2.36. The van der Waals surface area contributed by atoms with E-state index in [1.54, 1.807) is 12.1 Å². The van der Waals surface area contributed by atoms with E-state index in [4.69, 9.17) is 0 Å². The highest BCUT2D eigenvalue weighted by Crippen LogP contribution is 2.23. The Balaban J connectivity index is 2.04. The predicted molar refractivity (Wildman–Crippen MR) is 78.5 cm³/mol. The highest BCUT2D eigenvalue weighted by Gasteiger charge is 2.26. The van der Waals surface area contributed by atoms with Crippen LogP contribution >= 0.6 is 0 Å². The summed E-state index contributed by atoms with van der Waals surface area (Å²) in [5, 5.41) is 3.34. The second-order valence-electron chi connectivity index (χ2n) is 5.39. The lowest BCUT2D eigenvalue weighted by atomic mass is 9.99. The van der Waals surface area contributed by atoms with Crippen molar-refractivity contribution in [3.8, 4) is 0 Å². The number of benzene rings is 1. The van der Waals surface area contributed by atoms with Gasteiger partial charge in [-0.15, -0.1) is 0 Å². The summed E-state index contributed by atoms with van der Waals surface area (Å²) >= 11 is 0. The van der Waals surface area contributed by atoms with Crippen molar-refractivity contribution in [3.05, 3.63) is 24.3 Å². The number of sulfone groups is 1. The molecule has 0 amide bonds. The van der Waals surface area contributed by atoms with E-state index in [0.717, 1.165) is 38.2 Å². The van der Waals surface area contributed by atoms with Crippen molar-refractivity contribution in [1.82, 2.24) is 5.32 Å². The first-order valence-corrected chi connectivity index (χ1v) is 8.50. The van der Waals surface area contributed by atoms with Gasteiger partial charge in [0, 0.05) is 19.3 Å². The van der Waals surface area contributed by atoms with Crippen LogP contribution in [0.5, 0.6) is 0 Å². The number of hydrogen-bond donors (Lipinski definition) is 1. The van der Waals surface area contributed by atoms with E-state index < -0.39 is 15.6 Å². The van der Waals surface area contributed by atoms with Gasteiger partial charge in [0.15, 0.2) is 0 Å². The van der Waals surface area contributed by atoms with Crippen molar-refractivity contribution in [2.45, 2.75) is 23.5 Å². The van der Waals surface area contributed by atoms with Crippen molar-refractivity contribution in [1.29, 1.82) is 0 Å². The number of alkyl halides is 2. The Morgan fingerprint density at radius 1 is 1.33 bits per heavy atom. The van der Waals surface area contributed by atoms with Gasteiger partial charge in [0.25, 0.3) is 0 Å². The maximum atomic E-state index is 12.5. The molecule has 0 saturated carbocycles. The summed E-state index contributed by atoms with van der Waals surface area (Å²) in [5.41, 5.74) is 0.828. The third-order valence-corrected chi connectivity index (χ3v) is 5.17. The molecule has 2 rings (SSSR count). The minimum Gasteiger partial charge on any atom is -0.374 e. The molecule has 4 nitrogen and oxygen atoms in total. The Bertz CT molecular complexity index is 555. The van der Waals surface area contributed by atoms with Gasteiger partial charge >= 0.3 is 5.76 Å². The molecular formula is C14H20F2N2O2S. The molecule has 1 unspecified atom stereocenters. The van der Waals surface area contributed by atoms with E-state index in [1.807, 2.05) is 11.9 Å². The molecule has 1 aromatic carbocycles. The normalized spacial score (nSPS) is 19.7. The van der Waals surface area contributed by atoms with E-state index in [2.05, 4.69) is 5.32 Å². The molecule has 1 aliphatic heterocycles. The van der Waals surface area contributed by atoms with Crippen LogP contribution in [0.2, 0.25) is 0 Å². The Morgan fingerprint density at radius 2 is 2.00 bits per heavy atom. The van der Waals surface area contributed by atoms with Crippen LogP contribution in [-0.4, -0.2) is 40.9 Å². The standard InChI is InChI=1S/C14H20F2N2O2S/c1-18(10-11-3-2-8-17-9-11)12-4-6-13(7-5-12)21(19,20)14(15)16/h4-7,11,14,17H,2-3,8-10H2,1H3. The van der Waals surface area contributed by atoms with Crippen LogP contribution in [0.15, 0.2) is 29.2 Å². The third kappa shape index (κ3) is 3.91. The molecule has 1 saturated heterocycles. The van der Waals surface area contributed by atoms with E-state index in [1.165, 1.54) is 12.1 Å². The topological polar surface area (TPSA) is 49.4 Å². The van der Waals surface area contributed by atoms with Gasteiger partial charge in [0.05, 0.1) is 4.90 Å². The van der Waals surface area contributed by atoms with Crippen LogP contribution in [0.4, 0.5) is 14.5 Å². The average molecular weight is 318 g/mol. The van der Waals surface area contributed by atoms with E-state index >= 15 is 0 Å². The molecule has 1 fully saturated rings. The number of hydrogen-bond acceptors (Lipinski definition) is 4. The Morgan fingerprint density at radius 3 is 2.52 bits per heavy atom. The largest absolute Gasteiger partial charge is 0.374 e. The summed E-state index contributed by atoms with van der Waals surface area (Å²) in [7, 11) is -2.59. The van der Waals surface area contributed by atoms with Crippen molar-refractivity contribution in [2.24, 2.45) is 5.92 Å². The van der Waals surface area contributed by atoms with Gasteiger partial charge in [-0.2, -0.15) is 8.78 Å². The van der Waals surface area contributed by atoms with Crippen LogP contribution in [0.1, 0.15) is 12.8 Å². The van der Waals surface area contributed by atoms with E-state index in [-0.39, 0.29) is 4.90 Å². The number of anilines is 1. The summed E-state index contributed by atoms with van der Waals surface area (Å²) in [5.74, 6) is -2.83. The van der Waals surface area contributed by atoms with Gasteiger partial charge in [-0.25, -0.2) is 8.42 Å². The molecule has 7 heteroatoms. The summed E-state index contributed by atoms with van der Waals surface area (Å²) < 4.78 is 47.6. The molecule has 0 spiro atoms. The lowest BCUT2D eigenvalue weighted by Gasteiger charge is -2.29. The zero-order valence-electron chi connectivity index (χ0n) is 11.9. The third-order valence-electron chi connectivity index (χ3n) is 3.77. The molecule has 1 atom stereocenters. The fraction of sp³-hybridized carbons (Fsp3) is 0.571. The summed E-state index contributed by atoms with van der Waals surface area (Å²) in [4.78, 5) is 1.69. The van der Waals surface area contributed by atoms with Gasteiger partial charge in [-0.05, 0) is 56.1 Å². The fourth-order valence-electron chi connectivity index (χ4n) is 2.57. The van der Waals surface area contributed by atoms with Crippen LogP contribution in [-0.2, 0) is 9.84 Å². The molecule has 0 aliphatic carbocycles. The van der Waals surface area contributed by atoms with Crippen LogP contribution in [0.3, 0.4) is 0 Å². The zero-order chi connectivity index (χ0) is 15.5. The monoisotopic (exact) mass is 318 g/mol. The van der Waals surface area contributed by atoms with Crippen LogP contribution < -0.4 is 10.2 Å². The van der Waals surface area contributed by atoms with Gasteiger partial charge < -0.3 is 10.2 Å². The Hall–Kier alpha value is -1.21. The minimum atomic E-state index is -4.51. The number of nitrogens with one attached hydrogen (secondary N) is 1. The highest BCUT2D eigenvalue weighted by atomic mass is 32.2. The first-order valence-electron chi connectivity index (χ1n) is 6.95. The maximum absolute atomic E-state index is 12.5. The van der Waals surface area contributed by atoms with Gasteiger partial charge in [0.1, 0.15) is 0 Å². The molecule has 0 aromatic heterocycles. The minimum absolute atomic E-state index is 0.339. The number of piperidine rings is 1. The molecule has 1 aliphatic rings. The maximum Gasteiger partial charge on any atom is 0.341 e. The molecule has 118 valence electrons. The molecule has 21 heavy (non-hydrogen) atoms. The van der Waals surface area contributed by atoms with Crippen LogP contribution in [0.25, 0.3) is 0 Å². The van der Waals surface area contributed by atoms with Crippen molar-refractivity contribution >= 4 is 15.5 Å². The SMILES string of the molecule is CN(CC1CCCNC1)c1ccc(S(=O)(=O)C(F)F)cc1. The number of rotatable bonds is 5. The second-order valence-corrected chi connectivity index (χ2v) is 7.31. The van der Waals surface area contributed by atoms with Gasteiger partial charge in [-0.1, -0.05) is 0 Å². The summed E-state index contributed by atoms with van der Waals surface area (Å²) in [6.07, 6.45) is 2.32. The molecule has 1 heterocycles. The van der Waals surface area contributed by atoms with Gasteiger partial charge in [0.2, 0.25) is 9.84 Å². The molecule has 1 aromatic rings. The second kappa shape index (κ2) is 6.70. The Kier molecular flexibility index (Phi) is 5.16. The first kappa shape index (κ1) is 16.2. The molecule has 1 N–H and O–H groups in total.